The van der Waals surface area contributed by atoms with E-state index in [-0.39, 0.29) is 6.54 Å². The Kier molecular flexibility index (Phi) is 3.99. The molecular weight excluding hydrogens is 344 g/mol. The number of hydrogen-bond acceptors (Lipinski definition) is 4. The third kappa shape index (κ3) is 2.87. The Morgan fingerprint density at radius 1 is 1.07 bits per heavy atom. The van der Waals surface area contributed by atoms with Gasteiger partial charge in [-0.3, -0.25) is 19.3 Å². The van der Waals surface area contributed by atoms with E-state index in [0.29, 0.717) is 16.8 Å². The van der Waals surface area contributed by atoms with Gasteiger partial charge in [-0.15, -0.1) is 0 Å². The van der Waals surface area contributed by atoms with Gasteiger partial charge in [-0.25, -0.2) is 4.98 Å². The molecule has 7 heteroatoms. The topological polar surface area (TPSA) is 83.8 Å². The first-order valence-electron chi connectivity index (χ1n) is 8.64. The number of benzene rings is 1. The Morgan fingerprint density at radius 3 is 2.41 bits per heavy atom. The van der Waals surface area contributed by atoms with Crippen LogP contribution in [0.15, 0.2) is 48.8 Å². The minimum absolute atomic E-state index is 0.215. The Bertz CT molecular complexity index is 1050. The molecule has 4 rings (SSSR count). The number of imidazole rings is 1. The molecule has 0 spiro atoms. The van der Waals surface area contributed by atoms with Crippen molar-refractivity contribution in [3.63, 3.8) is 0 Å². The summed E-state index contributed by atoms with van der Waals surface area (Å²) in [5.74, 6) is -1.29. The van der Waals surface area contributed by atoms with Gasteiger partial charge in [0.1, 0.15) is 11.7 Å². The van der Waals surface area contributed by atoms with Gasteiger partial charge in [0.15, 0.2) is 0 Å². The van der Waals surface area contributed by atoms with Crippen LogP contribution in [0.4, 0.5) is 0 Å². The van der Waals surface area contributed by atoms with E-state index >= 15 is 0 Å². The molecular formula is C20H18N4O3. The number of fused-ring (bicyclic) bond motifs is 2. The predicted octanol–water partition coefficient (Wildman–Crippen LogP) is 1.94. The second-order valence-corrected chi connectivity index (χ2v) is 6.62. The van der Waals surface area contributed by atoms with E-state index in [1.807, 2.05) is 35.9 Å². The Labute approximate surface area is 155 Å². The highest BCUT2D eigenvalue weighted by Crippen LogP contribution is 2.24. The normalized spacial score (nSPS) is 14.5. The summed E-state index contributed by atoms with van der Waals surface area (Å²) in [6.07, 6.45) is 3.80. The lowest BCUT2D eigenvalue weighted by Crippen LogP contribution is -2.47. The number of rotatable bonds is 4. The van der Waals surface area contributed by atoms with Crippen LogP contribution in [0.2, 0.25) is 0 Å². The SMILES string of the molecule is Cc1ccc2nc(CNC(=O)C(C)N3C(=O)c4ccccc4C3=O)cn2c1. The van der Waals surface area contributed by atoms with Gasteiger partial charge < -0.3 is 9.72 Å². The largest absolute Gasteiger partial charge is 0.349 e. The summed E-state index contributed by atoms with van der Waals surface area (Å²) >= 11 is 0. The number of aryl methyl sites for hydroxylation is 1. The maximum Gasteiger partial charge on any atom is 0.262 e. The van der Waals surface area contributed by atoms with Crippen molar-refractivity contribution in [2.24, 2.45) is 0 Å². The number of nitrogens with one attached hydrogen (secondary N) is 1. The summed E-state index contributed by atoms with van der Waals surface area (Å²) in [6.45, 7) is 3.75. The molecule has 1 atom stereocenters. The summed E-state index contributed by atoms with van der Waals surface area (Å²) in [5, 5.41) is 2.76. The number of carbonyl (C=O) groups excluding carboxylic acids is 3. The molecule has 0 saturated carbocycles. The van der Waals surface area contributed by atoms with Crippen LogP contribution in [0.3, 0.4) is 0 Å². The predicted molar refractivity (Wildman–Crippen MR) is 98.2 cm³/mol. The second-order valence-electron chi connectivity index (χ2n) is 6.62. The smallest absolute Gasteiger partial charge is 0.262 e. The Hall–Kier alpha value is -3.48. The fraction of sp³-hybridized carbons (Fsp3) is 0.200. The average molecular weight is 362 g/mol. The molecule has 3 heterocycles. The second kappa shape index (κ2) is 6.35. The molecule has 27 heavy (non-hydrogen) atoms. The zero-order valence-electron chi connectivity index (χ0n) is 15.0. The minimum atomic E-state index is -0.906. The zero-order valence-corrected chi connectivity index (χ0v) is 15.0. The fourth-order valence-corrected chi connectivity index (χ4v) is 3.24. The molecule has 7 nitrogen and oxygen atoms in total. The molecule has 1 aliphatic heterocycles. The molecule has 1 unspecified atom stereocenters. The number of hydrogen-bond donors (Lipinski definition) is 1. The lowest BCUT2D eigenvalue weighted by atomic mass is 10.1. The summed E-state index contributed by atoms with van der Waals surface area (Å²) in [4.78, 5) is 42.9. The quantitative estimate of drug-likeness (QED) is 0.719. The van der Waals surface area contributed by atoms with Crippen molar-refractivity contribution in [1.82, 2.24) is 19.6 Å². The van der Waals surface area contributed by atoms with Gasteiger partial charge in [-0.2, -0.15) is 0 Å². The molecule has 136 valence electrons. The van der Waals surface area contributed by atoms with Crippen molar-refractivity contribution in [2.75, 3.05) is 0 Å². The van der Waals surface area contributed by atoms with Crippen LogP contribution in [-0.4, -0.2) is 38.0 Å². The molecule has 1 aliphatic rings. The molecule has 3 amide bonds. The highest BCUT2D eigenvalue weighted by Gasteiger charge is 2.40. The Morgan fingerprint density at radius 2 is 1.74 bits per heavy atom. The lowest BCUT2D eigenvalue weighted by Gasteiger charge is -2.21. The first kappa shape index (κ1) is 17.0. The molecule has 0 radical (unpaired) electrons. The van der Waals surface area contributed by atoms with Crippen LogP contribution in [-0.2, 0) is 11.3 Å². The standard InChI is InChI=1S/C20H18N4O3/c1-12-7-8-17-22-14(11-23(17)10-12)9-21-18(25)13(2)24-19(26)15-5-3-4-6-16(15)20(24)27/h3-8,10-11,13H,9H2,1-2H3,(H,21,25). The maximum absolute atomic E-state index is 12.5. The van der Waals surface area contributed by atoms with Gasteiger partial charge in [0.25, 0.3) is 11.8 Å². The molecule has 1 aromatic carbocycles. The van der Waals surface area contributed by atoms with E-state index in [0.717, 1.165) is 16.1 Å². The maximum atomic E-state index is 12.5. The average Bonchev–Trinajstić information content (AvgIpc) is 3.18. The van der Waals surface area contributed by atoms with Gasteiger partial charge in [-0.05, 0) is 37.6 Å². The van der Waals surface area contributed by atoms with E-state index in [4.69, 9.17) is 0 Å². The van der Waals surface area contributed by atoms with E-state index in [1.54, 1.807) is 31.2 Å². The Balaban J connectivity index is 1.46. The molecule has 0 fully saturated rings. The molecule has 2 aromatic heterocycles. The number of nitrogens with zero attached hydrogens (tertiary/aromatic N) is 3. The summed E-state index contributed by atoms with van der Waals surface area (Å²) in [7, 11) is 0. The van der Waals surface area contributed by atoms with E-state index < -0.39 is 23.8 Å². The number of imide groups is 1. The van der Waals surface area contributed by atoms with E-state index in [9.17, 15) is 14.4 Å². The third-order valence-electron chi connectivity index (χ3n) is 4.68. The van der Waals surface area contributed by atoms with Crippen LogP contribution in [0.5, 0.6) is 0 Å². The zero-order chi connectivity index (χ0) is 19.1. The highest BCUT2D eigenvalue weighted by atomic mass is 16.2. The third-order valence-corrected chi connectivity index (χ3v) is 4.68. The molecule has 0 saturated heterocycles. The van der Waals surface area contributed by atoms with Crippen molar-refractivity contribution < 1.29 is 14.4 Å². The molecule has 0 bridgehead atoms. The van der Waals surface area contributed by atoms with Gasteiger partial charge in [0.05, 0.1) is 23.4 Å². The van der Waals surface area contributed by atoms with Crippen LogP contribution >= 0.6 is 0 Å². The number of amides is 3. The number of pyridine rings is 1. The summed E-state index contributed by atoms with van der Waals surface area (Å²) in [6, 6.07) is 9.55. The van der Waals surface area contributed by atoms with Gasteiger partial charge in [0, 0.05) is 12.4 Å². The van der Waals surface area contributed by atoms with Crippen LogP contribution in [0, 0.1) is 6.92 Å². The van der Waals surface area contributed by atoms with Gasteiger partial charge in [0.2, 0.25) is 5.91 Å². The van der Waals surface area contributed by atoms with E-state index in [1.165, 1.54) is 0 Å². The summed E-state index contributed by atoms with van der Waals surface area (Å²) in [5.41, 5.74) is 3.26. The number of carbonyl (C=O) groups is 3. The van der Waals surface area contributed by atoms with Crippen LogP contribution < -0.4 is 5.32 Å². The van der Waals surface area contributed by atoms with Crippen LogP contribution in [0.25, 0.3) is 5.65 Å². The van der Waals surface area contributed by atoms with Gasteiger partial charge >= 0.3 is 0 Å². The van der Waals surface area contributed by atoms with Crippen LogP contribution in [0.1, 0.15) is 38.9 Å². The molecule has 3 aromatic rings. The highest BCUT2D eigenvalue weighted by molar-refractivity contribution is 6.22. The monoisotopic (exact) mass is 362 g/mol. The minimum Gasteiger partial charge on any atom is -0.349 e. The molecule has 0 aliphatic carbocycles. The summed E-state index contributed by atoms with van der Waals surface area (Å²) < 4.78 is 1.89. The van der Waals surface area contributed by atoms with E-state index in [2.05, 4.69) is 10.3 Å². The van der Waals surface area contributed by atoms with Crippen molar-refractivity contribution in [3.05, 3.63) is 71.2 Å². The molecule has 1 N–H and O–H groups in total. The van der Waals surface area contributed by atoms with Crippen molar-refractivity contribution in [2.45, 2.75) is 26.4 Å². The van der Waals surface area contributed by atoms with Crippen molar-refractivity contribution >= 4 is 23.4 Å². The lowest BCUT2D eigenvalue weighted by molar-refractivity contribution is -0.124. The first-order valence-corrected chi connectivity index (χ1v) is 8.64. The van der Waals surface area contributed by atoms with Crippen molar-refractivity contribution in [3.8, 4) is 0 Å². The fourth-order valence-electron chi connectivity index (χ4n) is 3.24. The first-order chi connectivity index (χ1) is 13.0. The number of aromatic nitrogens is 2. The van der Waals surface area contributed by atoms with Crippen molar-refractivity contribution in [1.29, 1.82) is 0 Å². The van der Waals surface area contributed by atoms with Gasteiger partial charge in [-0.1, -0.05) is 18.2 Å².